The van der Waals surface area contributed by atoms with E-state index in [1.54, 1.807) is 0 Å². The van der Waals surface area contributed by atoms with E-state index in [0.29, 0.717) is 0 Å². The second-order valence-electron chi connectivity index (χ2n) is 2.71. The van der Waals surface area contributed by atoms with E-state index >= 15 is 0 Å². The van der Waals surface area contributed by atoms with Crippen molar-refractivity contribution in [1.29, 1.82) is 0 Å². The van der Waals surface area contributed by atoms with Crippen LogP contribution in [0.5, 0.6) is 0 Å². The van der Waals surface area contributed by atoms with Crippen LogP contribution in [0.4, 0.5) is 8.78 Å². The molecule has 66 valence electrons. The Morgan fingerprint density at radius 1 is 1.15 bits per heavy atom. The van der Waals surface area contributed by atoms with Crippen molar-refractivity contribution in [2.75, 3.05) is 0 Å². The average molecular weight is 180 g/mol. The lowest BCUT2D eigenvalue weighted by molar-refractivity contribution is 0.569. The van der Waals surface area contributed by atoms with Crippen LogP contribution in [0.2, 0.25) is 0 Å². The third kappa shape index (κ3) is 1.24. The molecule has 1 heterocycles. The minimum absolute atomic E-state index is 0.109. The van der Waals surface area contributed by atoms with Crippen LogP contribution < -0.4 is 0 Å². The van der Waals surface area contributed by atoms with Crippen LogP contribution in [0.1, 0.15) is 5.69 Å². The van der Waals surface area contributed by atoms with Gasteiger partial charge in [-0.1, -0.05) is 6.07 Å². The molecule has 0 N–H and O–H groups in total. The number of aryl methyl sites for hydroxylation is 1. The largest absolute Gasteiger partial charge is 0.244 e. The molecule has 0 bridgehead atoms. The van der Waals surface area contributed by atoms with E-state index in [2.05, 4.69) is 9.97 Å². The summed E-state index contributed by atoms with van der Waals surface area (Å²) in [6.07, 6.45) is 0. The maximum absolute atomic E-state index is 13.1. The van der Waals surface area contributed by atoms with E-state index in [9.17, 15) is 8.78 Å². The molecule has 0 radical (unpaired) electrons. The van der Waals surface area contributed by atoms with Gasteiger partial charge in [0.2, 0.25) is 5.95 Å². The van der Waals surface area contributed by atoms with Gasteiger partial charge in [0, 0.05) is 0 Å². The number of aromatic nitrogens is 2. The normalized spacial score (nSPS) is 10.7. The molecule has 1 aromatic carbocycles. The summed E-state index contributed by atoms with van der Waals surface area (Å²) in [5, 5.41) is 0. The summed E-state index contributed by atoms with van der Waals surface area (Å²) in [5.41, 5.74) is 0.460. The Morgan fingerprint density at radius 3 is 2.69 bits per heavy atom. The molecule has 4 heteroatoms. The highest BCUT2D eigenvalue weighted by Gasteiger charge is 2.06. The van der Waals surface area contributed by atoms with Gasteiger partial charge in [0.15, 0.2) is 5.82 Å². The van der Waals surface area contributed by atoms with Gasteiger partial charge in [0.1, 0.15) is 5.52 Å². The topological polar surface area (TPSA) is 25.8 Å². The minimum atomic E-state index is -0.655. The second-order valence-corrected chi connectivity index (χ2v) is 2.71. The summed E-state index contributed by atoms with van der Waals surface area (Å²) in [6.45, 7) is 1.45. The first kappa shape index (κ1) is 8.04. The van der Waals surface area contributed by atoms with Crippen molar-refractivity contribution in [1.82, 2.24) is 9.97 Å². The molecule has 2 aromatic rings. The number of fused-ring (bicyclic) bond motifs is 1. The van der Waals surface area contributed by atoms with Gasteiger partial charge in [-0.05, 0) is 19.1 Å². The van der Waals surface area contributed by atoms with E-state index < -0.39 is 11.8 Å². The van der Waals surface area contributed by atoms with Crippen molar-refractivity contribution in [2.45, 2.75) is 6.92 Å². The Labute approximate surface area is 73.2 Å². The van der Waals surface area contributed by atoms with Gasteiger partial charge in [-0.15, -0.1) is 0 Å². The molecule has 0 fully saturated rings. The molecule has 1 aromatic heterocycles. The van der Waals surface area contributed by atoms with Crippen LogP contribution in [0.25, 0.3) is 11.0 Å². The highest BCUT2D eigenvalue weighted by atomic mass is 19.1. The summed E-state index contributed by atoms with van der Waals surface area (Å²) in [7, 11) is 0. The predicted octanol–water partition coefficient (Wildman–Crippen LogP) is 2.22. The molecule has 0 spiro atoms. The highest BCUT2D eigenvalue weighted by molar-refractivity contribution is 5.74. The summed E-state index contributed by atoms with van der Waals surface area (Å²) in [6, 6.07) is 4.27. The van der Waals surface area contributed by atoms with Crippen LogP contribution in [0.3, 0.4) is 0 Å². The number of benzene rings is 1. The van der Waals surface area contributed by atoms with Gasteiger partial charge < -0.3 is 0 Å². The molecular formula is C9H6F2N2. The Morgan fingerprint density at radius 2 is 1.92 bits per heavy atom. The smallest absolute Gasteiger partial charge is 0.234 e. The summed E-state index contributed by atoms with van der Waals surface area (Å²) < 4.78 is 26.0. The Balaban J connectivity index is 2.89. The van der Waals surface area contributed by atoms with Crippen LogP contribution in [0.15, 0.2) is 18.2 Å². The number of nitrogens with zero attached hydrogens (tertiary/aromatic N) is 2. The highest BCUT2D eigenvalue weighted by Crippen LogP contribution is 2.14. The zero-order valence-corrected chi connectivity index (χ0v) is 6.88. The molecule has 2 rings (SSSR count). The van der Waals surface area contributed by atoms with Crippen LogP contribution >= 0.6 is 0 Å². The maximum atomic E-state index is 13.1. The fraction of sp³-hybridized carbons (Fsp3) is 0.111. The van der Waals surface area contributed by atoms with Crippen LogP contribution in [0, 0.1) is 18.7 Å². The van der Waals surface area contributed by atoms with E-state index in [0.717, 1.165) is 0 Å². The first-order valence-corrected chi connectivity index (χ1v) is 3.77. The SMILES string of the molecule is Cc1nc2c(F)cccc2nc1F. The van der Waals surface area contributed by atoms with Crippen LogP contribution in [-0.2, 0) is 0 Å². The van der Waals surface area contributed by atoms with E-state index in [1.165, 1.54) is 25.1 Å². The van der Waals surface area contributed by atoms with E-state index in [4.69, 9.17) is 0 Å². The third-order valence-electron chi connectivity index (χ3n) is 1.76. The van der Waals surface area contributed by atoms with Gasteiger partial charge >= 0.3 is 0 Å². The molecule has 0 saturated heterocycles. The molecule has 0 aliphatic rings. The van der Waals surface area contributed by atoms with E-state index in [1.807, 2.05) is 0 Å². The van der Waals surface area contributed by atoms with Gasteiger partial charge in [-0.3, -0.25) is 0 Å². The van der Waals surface area contributed by atoms with Crippen molar-refractivity contribution in [3.8, 4) is 0 Å². The average Bonchev–Trinajstić information content (AvgIpc) is 2.09. The molecule has 0 unspecified atom stereocenters. The van der Waals surface area contributed by atoms with E-state index in [-0.39, 0.29) is 16.7 Å². The summed E-state index contributed by atoms with van der Waals surface area (Å²) in [4.78, 5) is 7.33. The summed E-state index contributed by atoms with van der Waals surface area (Å²) >= 11 is 0. The predicted molar refractivity (Wildman–Crippen MR) is 44.2 cm³/mol. The Kier molecular flexibility index (Phi) is 1.69. The van der Waals surface area contributed by atoms with Gasteiger partial charge in [-0.25, -0.2) is 14.4 Å². The fourth-order valence-corrected chi connectivity index (χ4v) is 1.11. The molecule has 0 aliphatic heterocycles. The lowest BCUT2D eigenvalue weighted by atomic mass is 10.3. The molecule has 0 amide bonds. The van der Waals surface area contributed by atoms with Gasteiger partial charge in [-0.2, -0.15) is 4.39 Å². The van der Waals surface area contributed by atoms with Crippen molar-refractivity contribution < 1.29 is 8.78 Å². The maximum Gasteiger partial charge on any atom is 0.234 e. The zero-order valence-electron chi connectivity index (χ0n) is 6.88. The molecular weight excluding hydrogens is 174 g/mol. The molecule has 0 saturated carbocycles. The number of para-hydroxylation sites is 1. The van der Waals surface area contributed by atoms with Crippen molar-refractivity contribution in [3.63, 3.8) is 0 Å². The molecule has 13 heavy (non-hydrogen) atoms. The number of halogens is 2. The van der Waals surface area contributed by atoms with Crippen molar-refractivity contribution in [2.24, 2.45) is 0 Å². The molecule has 0 aliphatic carbocycles. The molecule has 2 nitrogen and oxygen atoms in total. The van der Waals surface area contributed by atoms with Gasteiger partial charge in [0.05, 0.1) is 11.2 Å². The monoisotopic (exact) mass is 180 g/mol. The first-order valence-electron chi connectivity index (χ1n) is 3.77. The van der Waals surface area contributed by atoms with Crippen molar-refractivity contribution >= 4 is 11.0 Å². The molecule has 0 atom stereocenters. The second kappa shape index (κ2) is 2.73. The number of hydrogen-bond acceptors (Lipinski definition) is 2. The lowest BCUT2D eigenvalue weighted by Gasteiger charge is -1.99. The Hall–Kier alpha value is -1.58. The van der Waals surface area contributed by atoms with Gasteiger partial charge in [0.25, 0.3) is 0 Å². The quantitative estimate of drug-likeness (QED) is 0.621. The minimum Gasteiger partial charge on any atom is -0.244 e. The zero-order chi connectivity index (χ0) is 9.42. The van der Waals surface area contributed by atoms with Crippen LogP contribution in [-0.4, -0.2) is 9.97 Å². The number of hydrogen-bond donors (Lipinski definition) is 0. The standard InChI is InChI=1S/C9H6F2N2/c1-5-9(11)13-7-4-2-3-6(10)8(7)12-5/h2-4H,1H3. The fourth-order valence-electron chi connectivity index (χ4n) is 1.11. The Bertz CT molecular complexity index is 468. The lowest BCUT2D eigenvalue weighted by Crippen LogP contribution is -1.95. The van der Waals surface area contributed by atoms with Crippen molar-refractivity contribution in [3.05, 3.63) is 35.7 Å². The summed E-state index contributed by atoms with van der Waals surface area (Å²) in [5.74, 6) is -1.13. The first-order chi connectivity index (χ1) is 6.18. The third-order valence-corrected chi connectivity index (χ3v) is 1.76. The number of rotatable bonds is 0.